The quantitative estimate of drug-likeness (QED) is 0.595. The number of hydrogen-bond donors (Lipinski definition) is 1. The molecule has 0 saturated heterocycles. The van der Waals surface area contributed by atoms with Crippen molar-refractivity contribution in [1.29, 1.82) is 0 Å². The van der Waals surface area contributed by atoms with Crippen LogP contribution in [0.1, 0.15) is 5.56 Å². The van der Waals surface area contributed by atoms with Crippen LogP contribution in [0.5, 0.6) is 0 Å². The molecular formula is C14H11ClN2. The van der Waals surface area contributed by atoms with Gasteiger partial charge in [-0.05, 0) is 17.7 Å². The number of hydrogen-bond acceptors (Lipinski definition) is 2. The van der Waals surface area contributed by atoms with Gasteiger partial charge in [0.05, 0.1) is 17.6 Å². The third-order valence-electron chi connectivity index (χ3n) is 2.80. The van der Waals surface area contributed by atoms with Gasteiger partial charge in [-0.2, -0.15) is 0 Å². The molecule has 0 aromatic heterocycles. The van der Waals surface area contributed by atoms with Gasteiger partial charge in [-0.3, -0.25) is 4.99 Å². The first-order valence-corrected chi connectivity index (χ1v) is 5.83. The lowest BCUT2D eigenvalue weighted by molar-refractivity contribution is 0.944. The Hall–Kier alpha value is -1.80. The van der Waals surface area contributed by atoms with Crippen LogP contribution in [0.15, 0.2) is 59.6 Å². The molecule has 3 heteroatoms. The number of fused-ring (bicyclic) bond motifs is 1. The summed E-state index contributed by atoms with van der Waals surface area (Å²) >= 11 is 6.57. The van der Waals surface area contributed by atoms with E-state index < -0.39 is 5.00 Å². The first-order valence-electron chi connectivity index (χ1n) is 5.45. The minimum absolute atomic E-state index is 0.754. The summed E-state index contributed by atoms with van der Waals surface area (Å²) < 4.78 is 0. The van der Waals surface area contributed by atoms with Crippen LogP contribution in [0.4, 0.5) is 11.4 Å². The number of rotatable bonds is 1. The first kappa shape index (κ1) is 10.4. The summed E-state index contributed by atoms with van der Waals surface area (Å²) in [5.41, 5.74) is 2.86. The van der Waals surface area contributed by atoms with Crippen molar-refractivity contribution in [2.75, 3.05) is 5.32 Å². The van der Waals surface area contributed by atoms with Crippen molar-refractivity contribution in [3.05, 3.63) is 60.2 Å². The van der Waals surface area contributed by atoms with Crippen molar-refractivity contribution in [1.82, 2.24) is 0 Å². The van der Waals surface area contributed by atoms with Crippen LogP contribution in [-0.4, -0.2) is 6.21 Å². The lowest BCUT2D eigenvalue weighted by Gasteiger charge is -2.29. The van der Waals surface area contributed by atoms with Gasteiger partial charge in [-0.1, -0.05) is 54.1 Å². The van der Waals surface area contributed by atoms with E-state index in [2.05, 4.69) is 10.3 Å². The number of alkyl halides is 1. The molecule has 2 nitrogen and oxygen atoms in total. The molecule has 1 atom stereocenters. The highest BCUT2D eigenvalue weighted by Crippen LogP contribution is 2.37. The Morgan fingerprint density at radius 2 is 1.65 bits per heavy atom. The average Bonchev–Trinajstić information content (AvgIpc) is 2.40. The van der Waals surface area contributed by atoms with Gasteiger partial charge in [-0.25, -0.2) is 0 Å². The summed E-state index contributed by atoms with van der Waals surface area (Å²) in [6.45, 7) is 0. The maximum atomic E-state index is 6.57. The number of para-hydroxylation sites is 2. The predicted octanol–water partition coefficient (Wildman–Crippen LogP) is 3.91. The lowest BCUT2D eigenvalue weighted by Crippen LogP contribution is -2.32. The highest BCUT2D eigenvalue weighted by atomic mass is 35.5. The summed E-state index contributed by atoms with van der Waals surface area (Å²) in [4.78, 5) is 3.65. The highest BCUT2D eigenvalue weighted by Gasteiger charge is 2.30. The van der Waals surface area contributed by atoms with Crippen molar-refractivity contribution < 1.29 is 0 Å². The van der Waals surface area contributed by atoms with Gasteiger partial charge in [0, 0.05) is 0 Å². The molecule has 84 valence electrons. The smallest absolute Gasteiger partial charge is 0.174 e. The van der Waals surface area contributed by atoms with E-state index in [1.165, 1.54) is 0 Å². The number of halogens is 1. The van der Waals surface area contributed by atoms with E-state index in [1.54, 1.807) is 6.21 Å². The Kier molecular flexibility index (Phi) is 2.37. The number of anilines is 1. The monoisotopic (exact) mass is 242 g/mol. The van der Waals surface area contributed by atoms with E-state index in [-0.39, 0.29) is 0 Å². The van der Waals surface area contributed by atoms with Crippen LogP contribution in [0.2, 0.25) is 0 Å². The van der Waals surface area contributed by atoms with Gasteiger partial charge in [0.15, 0.2) is 5.00 Å². The van der Waals surface area contributed by atoms with E-state index in [4.69, 9.17) is 11.6 Å². The van der Waals surface area contributed by atoms with Crippen LogP contribution in [-0.2, 0) is 5.00 Å². The predicted molar refractivity (Wildman–Crippen MR) is 72.2 cm³/mol. The molecule has 0 aliphatic carbocycles. The van der Waals surface area contributed by atoms with Gasteiger partial charge < -0.3 is 5.32 Å². The second-order valence-electron chi connectivity index (χ2n) is 3.98. The molecule has 2 aromatic carbocycles. The Bertz CT molecular complexity index is 565. The summed E-state index contributed by atoms with van der Waals surface area (Å²) in [5, 5.41) is 3.31. The molecule has 2 aromatic rings. The van der Waals surface area contributed by atoms with Crippen molar-refractivity contribution in [2.45, 2.75) is 5.00 Å². The number of benzene rings is 2. The fourth-order valence-corrected chi connectivity index (χ4v) is 2.18. The van der Waals surface area contributed by atoms with E-state index in [0.717, 1.165) is 16.9 Å². The van der Waals surface area contributed by atoms with E-state index in [0.29, 0.717) is 0 Å². The molecule has 17 heavy (non-hydrogen) atoms. The zero-order valence-corrected chi connectivity index (χ0v) is 9.85. The van der Waals surface area contributed by atoms with Crippen LogP contribution in [0.3, 0.4) is 0 Å². The zero-order chi connectivity index (χ0) is 11.7. The van der Waals surface area contributed by atoms with Gasteiger partial charge in [0.25, 0.3) is 0 Å². The Labute approximate surface area is 105 Å². The van der Waals surface area contributed by atoms with Gasteiger partial charge in [0.1, 0.15) is 0 Å². The van der Waals surface area contributed by atoms with Crippen LogP contribution in [0, 0.1) is 0 Å². The van der Waals surface area contributed by atoms with Crippen molar-refractivity contribution >= 4 is 29.2 Å². The normalized spacial score (nSPS) is 21.7. The molecule has 3 rings (SSSR count). The highest BCUT2D eigenvalue weighted by molar-refractivity contribution is 6.34. The maximum Gasteiger partial charge on any atom is 0.174 e. The molecule has 1 N–H and O–H groups in total. The summed E-state index contributed by atoms with van der Waals surface area (Å²) in [6, 6.07) is 17.7. The minimum atomic E-state index is -0.754. The molecule has 1 heterocycles. The van der Waals surface area contributed by atoms with Crippen molar-refractivity contribution in [2.24, 2.45) is 4.99 Å². The molecule has 0 saturated carbocycles. The van der Waals surface area contributed by atoms with E-state index in [9.17, 15) is 0 Å². The van der Waals surface area contributed by atoms with Gasteiger partial charge >= 0.3 is 0 Å². The Morgan fingerprint density at radius 1 is 0.941 bits per heavy atom. The summed E-state index contributed by atoms with van der Waals surface area (Å²) in [6.07, 6.45) is 1.74. The number of nitrogens with zero attached hydrogens (tertiary/aromatic N) is 1. The van der Waals surface area contributed by atoms with Crippen LogP contribution < -0.4 is 5.32 Å². The third kappa shape index (κ3) is 1.81. The fraction of sp³-hybridized carbons (Fsp3) is 0.0714. The van der Waals surface area contributed by atoms with Crippen LogP contribution >= 0.6 is 11.6 Å². The topological polar surface area (TPSA) is 24.4 Å². The Balaban J connectivity index is 2.04. The lowest BCUT2D eigenvalue weighted by atomic mass is 10.1. The SMILES string of the molecule is ClC1(c2ccccc2)C=Nc2ccccc2N1. The zero-order valence-electron chi connectivity index (χ0n) is 9.10. The third-order valence-corrected chi connectivity index (χ3v) is 3.21. The second kappa shape index (κ2) is 3.90. The fourth-order valence-electron chi connectivity index (χ4n) is 1.91. The second-order valence-corrected chi connectivity index (χ2v) is 4.57. The van der Waals surface area contributed by atoms with Crippen molar-refractivity contribution in [3.63, 3.8) is 0 Å². The Morgan fingerprint density at radius 3 is 2.47 bits per heavy atom. The molecule has 1 aliphatic rings. The molecular weight excluding hydrogens is 232 g/mol. The van der Waals surface area contributed by atoms with E-state index >= 15 is 0 Å². The first-order chi connectivity index (χ1) is 8.28. The molecule has 0 fully saturated rings. The molecule has 0 bridgehead atoms. The van der Waals surface area contributed by atoms with Gasteiger partial charge in [0.2, 0.25) is 0 Å². The average molecular weight is 243 g/mol. The number of aliphatic imine (C=N–C) groups is 1. The molecule has 0 radical (unpaired) electrons. The molecule has 1 unspecified atom stereocenters. The largest absolute Gasteiger partial charge is 0.357 e. The number of nitrogens with one attached hydrogen (secondary N) is 1. The molecule has 0 spiro atoms. The van der Waals surface area contributed by atoms with E-state index in [1.807, 2.05) is 54.6 Å². The molecule has 0 amide bonds. The summed E-state index contributed by atoms with van der Waals surface area (Å²) in [7, 11) is 0. The maximum absolute atomic E-state index is 6.57. The van der Waals surface area contributed by atoms with Gasteiger partial charge in [-0.15, -0.1) is 0 Å². The van der Waals surface area contributed by atoms with Crippen LogP contribution in [0.25, 0.3) is 0 Å². The summed E-state index contributed by atoms with van der Waals surface area (Å²) in [5.74, 6) is 0. The van der Waals surface area contributed by atoms with Crippen molar-refractivity contribution in [3.8, 4) is 0 Å². The minimum Gasteiger partial charge on any atom is -0.357 e. The standard InChI is InChI=1S/C14H11ClN2/c15-14(11-6-2-1-3-7-11)10-16-12-8-4-5-9-13(12)17-14/h1-10,17H. The molecule has 1 aliphatic heterocycles.